The summed E-state index contributed by atoms with van der Waals surface area (Å²) in [5, 5.41) is 0. The van der Waals surface area contributed by atoms with Crippen molar-refractivity contribution >= 4 is 28.5 Å². The Balaban J connectivity index is 1.87. The molecule has 0 amide bonds. The van der Waals surface area contributed by atoms with Crippen molar-refractivity contribution in [1.29, 1.82) is 0 Å². The lowest BCUT2D eigenvalue weighted by Gasteiger charge is -2.27. The Bertz CT molecular complexity index is 381. The first-order chi connectivity index (χ1) is 9.29. The Morgan fingerprint density at radius 2 is 2.00 bits per heavy atom. The van der Waals surface area contributed by atoms with Crippen molar-refractivity contribution in [2.45, 2.75) is 19.8 Å². The normalized spacial score (nSPS) is 18.1. The Morgan fingerprint density at radius 1 is 1.26 bits per heavy atom. The highest BCUT2D eigenvalue weighted by Gasteiger charge is 2.24. The van der Waals surface area contributed by atoms with Gasteiger partial charge in [0.25, 0.3) is 0 Å². The van der Waals surface area contributed by atoms with E-state index in [9.17, 15) is 0 Å². The molecule has 5 heteroatoms. The smallest absolute Gasteiger partial charge is 0.406 e. The van der Waals surface area contributed by atoms with Crippen LogP contribution in [0.1, 0.15) is 19.8 Å². The maximum atomic E-state index is 5.85. The molecule has 1 fully saturated rings. The van der Waals surface area contributed by atoms with Crippen LogP contribution in [0.5, 0.6) is 0 Å². The van der Waals surface area contributed by atoms with E-state index in [0.717, 1.165) is 42.8 Å². The van der Waals surface area contributed by atoms with Crippen LogP contribution in [-0.4, -0.2) is 44.9 Å². The van der Waals surface area contributed by atoms with Gasteiger partial charge in [0, 0.05) is 30.8 Å². The second-order valence-electron chi connectivity index (χ2n) is 4.82. The Morgan fingerprint density at radius 3 is 2.63 bits per heavy atom. The zero-order valence-electron chi connectivity index (χ0n) is 11.5. The number of hydrogen-bond donors (Lipinski definition) is 0. The van der Waals surface area contributed by atoms with Crippen LogP contribution in [0.15, 0.2) is 28.7 Å². The van der Waals surface area contributed by atoms with Crippen molar-refractivity contribution in [3.63, 3.8) is 0 Å². The van der Waals surface area contributed by atoms with E-state index >= 15 is 0 Å². The molecule has 0 saturated carbocycles. The fourth-order valence-corrected chi connectivity index (χ4v) is 2.61. The molecule has 1 heterocycles. The van der Waals surface area contributed by atoms with E-state index in [-0.39, 0.29) is 7.12 Å². The van der Waals surface area contributed by atoms with Crippen molar-refractivity contribution < 1.29 is 9.31 Å². The lowest BCUT2D eigenvalue weighted by atomic mass is 9.79. The topological polar surface area (TPSA) is 21.7 Å². The van der Waals surface area contributed by atoms with Crippen molar-refractivity contribution in [2.24, 2.45) is 0 Å². The van der Waals surface area contributed by atoms with Crippen LogP contribution < -0.4 is 5.46 Å². The van der Waals surface area contributed by atoms with Crippen LogP contribution in [0.2, 0.25) is 0 Å². The van der Waals surface area contributed by atoms with Gasteiger partial charge in [-0.1, -0.05) is 41.4 Å². The third-order valence-electron chi connectivity index (χ3n) is 3.30. The van der Waals surface area contributed by atoms with Crippen LogP contribution in [0.4, 0.5) is 0 Å². The van der Waals surface area contributed by atoms with Crippen LogP contribution >= 0.6 is 15.9 Å². The molecule has 0 atom stereocenters. The monoisotopic (exact) mass is 325 g/mol. The SMILES string of the molecule is CCCCN1CCOB(c2cccc(Br)c2)OCC1. The molecular weight excluding hydrogens is 305 g/mol. The predicted molar refractivity (Wildman–Crippen MR) is 82.8 cm³/mol. The maximum absolute atomic E-state index is 5.85. The van der Waals surface area contributed by atoms with E-state index in [4.69, 9.17) is 9.31 Å². The molecule has 0 bridgehead atoms. The largest absolute Gasteiger partial charge is 0.493 e. The average Bonchev–Trinajstić information content (AvgIpc) is 2.37. The minimum atomic E-state index is -0.231. The zero-order chi connectivity index (χ0) is 13.5. The van der Waals surface area contributed by atoms with Crippen molar-refractivity contribution in [3.05, 3.63) is 28.7 Å². The van der Waals surface area contributed by atoms with Crippen molar-refractivity contribution in [2.75, 3.05) is 32.8 Å². The lowest BCUT2D eigenvalue weighted by molar-refractivity contribution is 0.116. The van der Waals surface area contributed by atoms with Crippen LogP contribution in [0.3, 0.4) is 0 Å². The first kappa shape index (κ1) is 15.0. The standard InChI is InChI=1S/C14H21BBrNO2/c1-2-3-7-17-8-10-18-15(19-11-9-17)13-5-4-6-14(16)12-13/h4-6,12H,2-3,7-11H2,1H3. The van der Waals surface area contributed by atoms with Gasteiger partial charge in [-0.25, -0.2) is 0 Å². The van der Waals surface area contributed by atoms with E-state index in [1.54, 1.807) is 0 Å². The number of hydrogen-bond acceptors (Lipinski definition) is 3. The molecular formula is C14H21BBrNO2. The molecule has 1 aromatic carbocycles. The second kappa shape index (κ2) is 8.05. The number of rotatable bonds is 4. The summed E-state index contributed by atoms with van der Waals surface area (Å²) >= 11 is 3.48. The average molecular weight is 326 g/mol. The van der Waals surface area contributed by atoms with Gasteiger partial charge in [-0.15, -0.1) is 0 Å². The molecule has 0 radical (unpaired) electrons. The first-order valence-corrected chi connectivity index (χ1v) is 7.80. The van der Waals surface area contributed by atoms with E-state index in [1.807, 2.05) is 18.2 Å². The molecule has 0 unspecified atom stereocenters. The van der Waals surface area contributed by atoms with Gasteiger partial charge in [0.15, 0.2) is 0 Å². The molecule has 0 aliphatic carbocycles. The molecule has 3 nitrogen and oxygen atoms in total. The fraction of sp³-hybridized carbons (Fsp3) is 0.571. The third kappa shape index (κ3) is 4.91. The van der Waals surface area contributed by atoms with E-state index in [2.05, 4.69) is 33.8 Å². The molecule has 0 aromatic heterocycles. The molecule has 1 aromatic rings. The Labute approximate surface area is 124 Å². The summed E-state index contributed by atoms with van der Waals surface area (Å²) in [4.78, 5) is 2.42. The molecule has 0 N–H and O–H groups in total. The van der Waals surface area contributed by atoms with Gasteiger partial charge < -0.3 is 9.31 Å². The first-order valence-electron chi connectivity index (χ1n) is 7.00. The number of nitrogens with zero attached hydrogens (tertiary/aromatic N) is 1. The number of halogens is 1. The van der Waals surface area contributed by atoms with Gasteiger partial charge in [0.2, 0.25) is 0 Å². The Kier molecular flexibility index (Phi) is 6.37. The van der Waals surface area contributed by atoms with Gasteiger partial charge in [-0.3, -0.25) is 4.90 Å². The molecule has 19 heavy (non-hydrogen) atoms. The number of unbranched alkanes of at least 4 members (excludes halogenated alkanes) is 1. The summed E-state index contributed by atoms with van der Waals surface area (Å²) in [5.41, 5.74) is 1.08. The quantitative estimate of drug-likeness (QED) is 0.793. The van der Waals surface area contributed by atoms with Gasteiger partial charge >= 0.3 is 7.12 Å². The molecule has 1 saturated heterocycles. The molecule has 0 spiro atoms. The van der Waals surface area contributed by atoms with Crippen LogP contribution in [0, 0.1) is 0 Å². The minimum Gasteiger partial charge on any atom is -0.406 e. The molecule has 104 valence electrons. The Hall–Kier alpha value is -0.355. The molecule has 1 aliphatic rings. The van der Waals surface area contributed by atoms with Gasteiger partial charge in [0.1, 0.15) is 0 Å². The summed E-state index contributed by atoms with van der Waals surface area (Å²) in [6.07, 6.45) is 2.48. The minimum absolute atomic E-state index is 0.231. The van der Waals surface area contributed by atoms with Crippen LogP contribution in [0.25, 0.3) is 0 Å². The fourth-order valence-electron chi connectivity index (χ4n) is 2.19. The highest BCUT2D eigenvalue weighted by atomic mass is 79.9. The summed E-state index contributed by atoms with van der Waals surface area (Å²) in [7, 11) is -0.231. The van der Waals surface area contributed by atoms with Gasteiger partial charge in [-0.05, 0) is 30.6 Å². The highest BCUT2D eigenvalue weighted by Crippen LogP contribution is 2.08. The van der Waals surface area contributed by atoms with Gasteiger partial charge in [0.05, 0.1) is 0 Å². The van der Waals surface area contributed by atoms with E-state index in [0.29, 0.717) is 0 Å². The molecule has 1 aliphatic heterocycles. The van der Waals surface area contributed by atoms with Crippen LogP contribution in [-0.2, 0) is 9.31 Å². The summed E-state index contributed by atoms with van der Waals surface area (Å²) in [6, 6.07) is 8.13. The lowest BCUT2D eigenvalue weighted by Crippen LogP contribution is -2.44. The number of benzene rings is 1. The van der Waals surface area contributed by atoms with E-state index in [1.165, 1.54) is 12.8 Å². The summed E-state index contributed by atoms with van der Waals surface area (Å²) < 4.78 is 12.8. The maximum Gasteiger partial charge on any atom is 0.493 e. The van der Waals surface area contributed by atoms with Crippen molar-refractivity contribution in [3.8, 4) is 0 Å². The van der Waals surface area contributed by atoms with Crippen molar-refractivity contribution in [1.82, 2.24) is 4.90 Å². The van der Waals surface area contributed by atoms with Gasteiger partial charge in [-0.2, -0.15) is 0 Å². The molecule has 2 rings (SSSR count). The highest BCUT2D eigenvalue weighted by molar-refractivity contribution is 9.10. The summed E-state index contributed by atoms with van der Waals surface area (Å²) in [5.74, 6) is 0. The predicted octanol–water partition coefficient (Wildman–Crippen LogP) is 2.29. The van der Waals surface area contributed by atoms with E-state index < -0.39 is 0 Å². The second-order valence-corrected chi connectivity index (χ2v) is 5.74. The zero-order valence-corrected chi connectivity index (χ0v) is 13.1. The summed E-state index contributed by atoms with van der Waals surface area (Å²) in [6.45, 7) is 6.80. The third-order valence-corrected chi connectivity index (χ3v) is 3.80.